The van der Waals surface area contributed by atoms with Crippen molar-refractivity contribution in [1.82, 2.24) is 25.1 Å². The fraction of sp³-hybridized carbons (Fsp3) is 0.167. The van der Waals surface area contributed by atoms with E-state index in [1.54, 1.807) is 18.5 Å². The second kappa shape index (κ2) is 10.6. The molecule has 2 aromatic carbocycles. The Bertz CT molecular complexity index is 1290. The lowest BCUT2D eigenvalue weighted by atomic mass is 10.2. The summed E-state index contributed by atoms with van der Waals surface area (Å²) in [6, 6.07) is 17.1. The number of ether oxygens (including phenoxy) is 1. The molecule has 180 valence electrons. The van der Waals surface area contributed by atoms with Crippen molar-refractivity contribution < 1.29 is 22.7 Å². The van der Waals surface area contributed by atoms with Gasteiger partial charge in [0.05, 0.1) is 5.75 Å². The number of carbonyl (C=O) groups excluding carboxylic acids is 1. The van der Waals surface area contributed by atoms with Crippen LogP contribution < -0.4 is 10.1 Å². The fourth-order valence-electron chi connectivity index (χ4n) is 3.23. The minimum atomic E-state index is -4.82. The van der Waals surface area contributed by atoms with E-state index in [1.165, 1.54) is 30.0 Å². The molecule has 4 rings (SSSR count). The molecule has 11 heteroatoms. The standard InChI is InChI=1S/C24H20F3N5O2S/c1-16-6-8-19(9-7-16)32-22(17-10-12-28-13-11-17)30-31-23(32)35-15-21(33)29-14-18-4-2-3-5-20(18)34-24(25,26)27/h2-13H,14-15H2,1H3,(H,29,33). The van der Waals surface area contributed by atoms with E-state index in [1.807, 2.05) is 47.9 Å². The van der Waals surface area contributed by atoms with Gasteiger partial charge in [-0.25, -0.2) is 0 Å². The number of nitrogens with zero attached hydrogens (tertiary/aromatic N) is 4. The number of amides is 1. The zero-order valence-corrected chi connectivity index (χ0v) is 19.3. The molecular formula is C24H20F3N5O2S. The summed E-state index contributed by atoms with van der Waals surface area (Å²) in [6.45, 7) is 1.87. The summed E-state index contributed by atoms with van der Waals surface area (Å²) in [6.07, 6.45) is -1.50. The predicted octanol–water partition coefficient (Wildman–Crippen LogP) is 4.94. The number of alkyl halides is 3. The molecule has 0 bridgehead atoms. The van der Waals surface area contributed by atoms with E-state index in [4.69, 9.17) is 0 Å². The van der Waals surface area contributed by atoms with Gasteiger partial charge in [0.2, 0.25) is 5.91 Å². The third-order valence-electron chi connectivity index (χ3n) is 4.87. The number of pyridine rings is 1. The van der Waals surface area contributed by atoms with Gasteiger partial charge < -0.3 is 10.1 Å². The van der Waals surface area contributed by atoms with Gasteiger partial charge in [-0.2, -0.15) is 0 Å². The lowest BCUT2D eigenvalue weighted by Crippen LogP contribution is -2.26. The van der Waals surface area contributed by atoms with Crippen molar-refractivity contribution in [3.05, 3.63) is 84.2 Å². The third kappa shape index (κ3) is 6.38. The number of aryl methyl sites for hydroxylation is 1. The molecule has 0 radical (unpaired) electrons. The van der Waals surface area contributed by atoms with Gasteiger partial charge in [-0.1, -0.05) is 47.7 Å². The molecule has 0 atom stereocenters. The summed E-state index contributed by atoms with van der Waals surface area (Å²) in [4.78, 5) is 16.5. The van der Waals surface area contributed by atoms with Gasteiger partial charge in [-0.3, -0.25) is 14.3 Å². The van der Waals surface area contributed by atoms with Crippen LogP contribution in [-0.4, -0.2) is 37.8 Å². The largest absolute Gasteiger partial charge is 0.573 e. The van der Waals surface area contributed by atoms with Crippen LogP contribution in [-0.2, 0) is 11.3 Å². The lowest BCUT2D eigenvalue weighted by Gasteiger charge is -2.13. The van der Waals surface area contributed by atoms with Crippen molar-refractivity contribution in [3.8, 4) is 22.8 Å². The van der Waals surface area contributed by atoms with Crippen molar-refractivity contribution in [1.29, 1.82) is 0 Å². The van der Waals surface area contributed by atoms with Gasteiger partial charge in [0, 0.05) is 35.8 Å². The molecule has 0 spiro atoms. The van der Waals surface area contributed by atoms with Crippen LogP contribution in [0.5, 0.6) is 5.75 Å². The second-order valence-electron chi connectivity index (χ2n) is 7.43. The molecule has 7 nitrogen and oxygen atoms in total. The van der Waals surface area contributed by atoms with E-state index in [2.05, 4.69) is 25.2 Å². The van der Waals surface area contributed by atoms with Crippen molar-refractivity contribution in [3.63, 3.8) is 0 Å². The molecule has 35 heavy (non-hydrogen) atoms. The molecule has 2 aromatic heterocycles. The molecule has 0 aliphatic rings. The zero-order valence-electron chi connectivity index (χ0n) is 18.5. The minimum absolute atomic E-state index is 0.0113. The molecule has 0 aliphatic heterocycles. The monoisotopic (exact) mass is 499 g/mol. The smallest absolute Gasteiger partial charge is 0.405 e. The Morgan fingerprint density at radius 1 is 1.03 bits per heavy atom. The number of thioether (sulfide) groups is 1. The number of benzene rings is 2. The van der Waals surface area contributed by atoms with Crippen LogP contribution in [0.25, 0.3) is 17.1 Å². The number of aromatic nitrogens is 4. The summed E-state index contributed by atoms with van der Waals surface area (Å²) in [7, 11) is 0. The van der Waals surface area contributed by atoms with Crippen molar-refractivity contribution >= 4 is 17.7 Å². The second-order valence-corrected chi connectivity index (χ2v) is 8.38. The molecule has 0 fully saturated rings. The number of halogens is 3. The Balaban J connectivity index is 1.48. The van der Waals surface area contributed by atoms with Crippen LogP contribution >= 0.6 is 11.8 Å². The first-order valence-corrected chi connectivity index (χ1v) is 11.4. The SMILES string of the molecule is Cc1ccc(-n2c(SCC(=O)NCc3ccccc3OC(F)(F)F)nnc2-c2ccncc2)cc1. The van der Waals surface area contributed by atoms with E-state index in [0.29, 0.717) is 11.0 Å². The molecule has 1 N–H and O–H groups in total. The minimum Gasteiger partial charge on any atom is -0.405 e. The highest BCUT2D eigenvalue weighted by Crippen LogP contribution is 2.28. The summed E-state index contributed by atoms with van der Waals surface area (Å²) in [5.74, 6) is -0.144. The van der Waals surface area contributed by atoms with Crippen LogP contribution in [0.2, 0.25) is 0 Å². The van der Waals surface area contributed by atoms with Gasteiger partial charge in [0.25, 0.3) is 0 Å². The lowest BCUT2D eigenvalue weighted by molar-refractivity contribution is -0.274. The summed E-state index contributed by atoms with van der Waals surface area (Å²) >= 11 is 1.17. The normalized spacial score (nSPS) is 11.3. The Morgan fingerprint density at radius 3 is 2.46 bits per heavy atom. The fourth-order valence-corrected chi connectivity index (χ4v) is 4.01. The molecule has 0 unspecified atom stereocenters. The van der Waals surface area contributed by atoms with Crippen molar-refractivity contribution in [2.45, 2.75) is 25.0 Å². The van der Waals surface area contributed by atoms with Crippen LogP contribution in [0.4, 0.5) is 13.2 Å². The molecule has 4 aromatic rings. The predicted molar refractivity (Wildman–Crippen MR) is 125 cm³/mol. The van der Waals surface area contributed by atoms with Crippen LogP contribution in [0.1, 0.15) is 11.1 Å². The highest BCUT2D eigenvalue weighted by molar-refractivity contribution is 7.99. The zero-order chi connectivity index (χ0) is 24.8. The summed E-state index contributed by atoms with van der Waals surface area (Å²) < 4.78 is 43.7. The third-order valence-corrected chi connectivity index (χ3v) is 5.80. The van der Waals surface area contributed by atoms with Crippen molar-refractivity contribution in [2.24, 2.45) is 0 Å². The number of hydrogen-bond donors (Lipinski definition) is 1. The molecule has 0 saturated heterocycles. The summed E-state index contributed by atoms with van der Waals surface area (Å²) in [5.41, 5.74) is 2.95. The maximum Gasteiger partial charge on any atom is 0.573 e. The Kier molecular flexibility index (Phi) is 7.35. The van der Waals surface area contributed by atoms with Crippen LogP contribution in [0, 0.1) is 6.92 Å². The van der Waals surface area contributed by atoms with Gasteiger partial charge in [-0.15, -0.1) is 23.4 Å². The molecule has 0 saturated carbocycles. The highest BCUT2D eigenvalue weighted by atomic mass is 32.2. The van der Waals surface area contributed by atoms with E-state index in [9.17, 15) is 18.0 Å². The molecule has 0 aliphatic carbocycles. The quantitative estimate of drug-likeness (QED) is 0.346. The van der Waals surface area contributed by atoms with Gasteiger partial charge in [0.15, 0.2) is 11.0 Å². The van der Waals surface area contributed by atoms with E-state index < -0.39 is 6.36 Å². The number of hydrogen-bond acceptors (Lipinski definition) is 6. The number of nitrogens with one attached hydrogen (secondary N) is 1. The average Bonchev–Trinajstić information content (AvgIpc) is 3.26. The Hall–Kier alpha value is -3.86. The van der Waals surface area contributed by atoms with Gasteiger partial charge >= 0.3 is 6.36 Å². The van der Waals surface area contributed by atoms with E-state index in [0.717, 1.165) is 16.8 Å². The Morgan fingerprint density at radius 2 is 1.74 bits per heavy atom. The Labute approximate surface area is 203 Å². The van der Waals surface area contributed by atoms with E-state index >= 15 is 0 Å². The first kappa shape index (κ1) is 24.3. The van der Waals surface area contributed by atoms with Gasteiger partial charge in [-0.05, 0) is 37.3 Å². The number of para-hydroxylation sites is 1. The number of rotatable bonds is 8. The maximum absolute atomic E-state index is 12.6. The first-order chi connectivity index (χ1) is 16.8. The van der Waals surface area contributed by atoms with Crippen LogP contribution in [0.3, 0.4) is 0 Å². The first-order valence-electron chi connectivity index (χ1n) is 10.5. The summed E-state index contributed by atoms with van der Waals surface area (Å²) in [5, 5.41) is 11.7. The topological polar surface area (TPSA) is 81.9 Å². The van der Waals surface area contributed by atoms with Crippen molar-refractivity contribution in [2.75, 3.05) is 5.75 Å². The van der Waals surface area contributed by atoms with E-state index in [-0.39, 0.29) is 29.5 Å². The maximum atomic E-state index is 12.6. The van der Waals surface area contributed by atoms with Gasteiger partial charge in [0.1, 0.15) is 5.75 Å². The molecule has 2 heterocycles. The molecular weight excluding hydrogens is 479 g/mol. The average molecular weight is 500 g/mol. The molecule has 1 amide bonds. The van der Waals surface area contributed by atoms with Crippen LogP contribution in [0.15, 0.2) is 78.2 Å². The number of carbonyl (C=O) groups is 1. The highest BCUT2D eigenvalue weighted by Gasteiger charge is 2.32.